The molecule has 0 bridgehead atoms. The zero-order valence-electron chi connectivity index (χ0n) is 12.7. The van der Waals surface area contributed by atoms with E-state index in [1.54, 1.807) is 20.0 Å². The van der Waals surface area contributed by atoms with Gasteiger partial charge in [-0.3, -0.25) is 4.79 Å². The van der Waals surface area contributed by atoms with Crippen LogP contribution in [0.5, 0.6) is 5.75 Å². The van der Waals surface area contributed by atoms with Crippen LogP contribution in [0.25, 0.3) is 0 Å². The van der Waals surface area contributed by atoms with Crippen LogP contribution in [0.2, 0.25) is 0 Å². The Balaban J connectivity index is 2.04. The van der Waals surface area contributed by atoms with Gasteiger partial charge < -0.3 is 15.0 Å². The smallest absolute Gasteiger partial charge is 0.263 e. The van der Waals surface area contributed by atoms with Crippen molar-refractivity contribution < 1.29 is 13.9 Å². The van der Waals surface area contributed by atoms with E-state index in [0.29, 0.717) is 12.3 Å². The van der Waals surface area contributed by atoms with Crippen LogP contribution in [0.15, 0.2) is 18.2 Å². The van der Waals surface area contributed by atoms with E-state index in [1.807, 2.05) is 4.90 Å². The SMILES string of the molecule is CNCc1cc(F)ccc1OC(C)C(=O)N1CCCCC1. The normalized spacial score (nSPS) is 16.6. The summed E-state index contributed by atoms with van der Waals surface area (Å²) in [5.74, 6) is 0.264. The van der Waals surface area contributed by atoms with E-state index >= 15 is 0 Å². The first kappa shape index (κ1) is 15.8. The standard InChI is InChI=1S/C16H23FN2O2/c1-12(16(20)19-8-4-3-5-9-19)21-15-7-6-14(17)10-13(15)11-18-2/h6-7,10,12,18H,3-5,8-9,11H2,1-2H3. The Morgan fingerprint density at radius 3 is 2.76 bits per heavy atom. The molecule has 2 rings (SSSR count). The summed E-state index contributed by atoms with van der Waals surface area (Å²) in [4.78, 5) is 14.2. The second-order valence-corrected chi connectivity index (χ2v) is 5.43. The van der Waals surface area contributed by atoms with Crippen LogP contribution in [0.4, 0.5) is 4.39 Å². The van der Waals surface area contributed by atoms with Crippen molar-refractivity contribution in [1.29, 1.82) is 0 Å². The average molecular weight is 294 g/mol. The molecule has 5 heteroatoms. The van der Waals surface area contributed by atoms with Gasteiger partial charge in [-0.05, 0) is 51.4 Å². The van der Waals surface area contributed by atoms with Crippen molar-refractivity contribution in [2.45, 2.75) is 38.8 Å². The van der Waals surface area contributed by atoms with Crippen LogP contribution in [0.3, 0.4) is 0 Å². The molecule has 1 unspecified atom stereocenters. The third kappa shape index (κ3) is 4.17. The second kappa shape index (κ2) is 7.41. The number of amides is 1. The molecule has 0 radical (unpaired) electrons. The van der Waals surface area contributed by atoms with Gasteiger partial charge >= 0.3 is 0 Å². The zero-order chi connectivity index (χ0) is 15.2. The van der Waals surface area contributed by atoms with Crippen molar-refractivity contribution in [3.8, 4) is 5.75 Å². The van der Waals surface area contributed by atoms with E-state index < -0.39 is 6.10 Å². The number of nitrogens with one attached hydrogen (secondary N) is 1. The topological polar surface area (TPSA) is 41.6 Å². The molecule has 1 amide bonds. The third-order valence-corrected chi connectivity index (χ3v) is 3.71. The fraction of sp³-hybridized carbons (Fsp3) is 0.562. The fourth-order valence-electron chi connectivity index (χ4n) is 2.60. The number of halogens is 1. The Morgan fingerprint density at radius 2 is 2.10 bits per heavy atom. The largest absolute Gasteiger partial charge is 0.481 e. The lowest BCUT2D eigenvalue weighted by atomic mass is 10.1. The molecular formula is C16H23FN2O2. The van der Waals surface area contributed by atoms with E-state index in [9.17, 15) is 9.18 Å². The van der Waals surface area contributed by atoms with Gasteiger partial charge in [0, 0.05) is 25.2 Å². The Hall–Kier alpha value is -1.62. The Bertz CT molecular complexity index is 487. The molecule has 1 aliphatic heterocycles. The van der Waals surface area contributed by atoms with Gasteiger partial charge in [0.2, 0.25) is 0 Å². The first-order valence-electron chi connectivity index (χ1n) is 7.50. The van der Waals surface area contributed by atoms with E-state index in [-0.39, 0.29) is 11.7 Å². The summed E-state index contributed by atoms with van der Waals surface area (Å²) in [6.45, 7) is 3.86. The average Bonchev–Trinajstić information content (AvgIpc) is 2.50. The van der Waals surface area contributed by atoms with Crippen LogP contribution in [-0.4, -0.2) is 37.0 Å². The molecule has 0 spiro atoms. The maximum absolute atomic E-state index is 13.3. The van der Waals surface area contributed by atoms with Crippen LogP contribution in [0, 0.1) is 5.82 Å². The van der Waals surface area contributed by atoms with Crippen LogP contribution in [-0.2, 0) is 11.3 Å². The molecule has 0 saturated carbocycles. The maximum Gasteiger partial charge on any atom is 0.263 e. The predicted molar refractivity (Wildman–Crippen MR) is 79.7 cm³/mol. The number of ether oxygens (including phenoxy) is 1. The van der Waals surface area contributed by atoms with Crippen LogP contribution in [0.1, 0.15) is 31.7 Å². The number of hydrogen-bond acceptors (Lipinski definition) is 3. The molecule has 1 fully saturated rings. The molecule has 1 heterocycles. The highest BCUT2D eigenvalue weighted by atomic mass is 19.1. The molecule has 116 valence electrons. The van der Waals surface area contributed by atoms with E-state index in [0.717, 1.165) is 31.5 Å². The lowest BCUT2D eigenvalue weighted by Crippen LogP contribution is -2.43. The highest BCUT2D eigenvalue weighted by molar-refractivity contribution is 5.81. The first-order valence-corrected chi connectivity index (χ1v) is 7.50. The maximum atomic E-state index is 13.3. The van der Waals surface area contributed by atoms with Gasteiger partial charge in [0.1, 0.15) is 11.6 Å². The van der Waals surface area contributed by atoms with Crippen LogP contribution < -0.4 is 10.1 Å². The number of carbonyl (C=O) groups is 1. The van der Waals surface area contributed by atoms with E-state index in [2.05, 4.69) is 5.32 Å². The van der Waals surface area contributed by atoms with Gasteiger partial charge in [-0.15, -0.1) is 0 Å². The molecule has 1 N–H and O–H groups in total. The third-order valence-electron chi connectivity index (χ3n) is 3.71. The summed E-state index contributed by atoms with van der Waals surface area (Å²) in [7, 11) is 1.79. The minimum absolute atomic E-state index is 0.00873. The predicted octanol–water partition coefficient (Wildman–Crippen LogP) is 2.32. The fourth-order valence-corrected chi connectivity index (χ4v) is 2.60. The minimum Gasteiger partial charge on any atom is -0.481 e. The number of carbonyl (C=O) groups excluding carboxylic acids is 1. The van der Waals surface area contributed by atoms with E-state index in [1.165, 1.54) is 18.6 Å². The summed E-state index contributed by atoms with van der Waals surface area (Å²) < 4.78 is 19.1. The molecule has 1 aromatic carbocycles. The van der Waals surface area contributed by atoms with Gasteiger partial charge in [-0.25, -0.2) is 4.39 Å². The lowest BCUT2D eigenvalue weighted by molar-refractivity contribution is -0.138. The number of piperidine rings is 1. The highest BCUT2D eigenvalue weighted by Crippen LogP contribution is 2.22. The van der Waals surface area contributed by atoms with E-state index in [4.69, 9.17) is 4.74 Å². The molecule has 1 saturated heterocycles. The molecule has 4 nitrogen and oxygen atoms in total. The zero-order valence-corrected chi connectivity index (χ0v) is 12.7. The molecule has 0 aromatic heterocycles. The van der Waals surface area contributed by atoms with Gasteiger partial charge in [-0.1, -0.05) is 0 Å². The van der Waals surface area contributed by atoms with Crippen molar-refractivity contribution in [3.63, 3.8) is 0 Å². The minimum atomic E-state index is -0.552. The van der Waals surface area contributed by atoms with Gasteiger partial charge in [0.05, 0.1) is 0 Å². The number of benzene rings is 1. The molecule has 0 aliphatic carbocycles. The molecule has 1 atom stereocenters. The quantitative estimate of drug-likeness (QED) is 0.906. The lowest BCUT2D eigenvalue weighted by Gasteiger charge is -2.29. The number of likely N-dealkylation sites (tertiary alicyclic amines) is 1. The number of nitrogens with zero attached hydrogens (tertiary/aromatic N) is 1. The summed E-state index contributed by atoms with van der Waals surface area (Å²) in [5, 5.41) is 2.98. The summed E-state index contributed by atoms with van der Waals surface area (Å²) >= 11 is 0. The van der Waals surface area contributed by atoms with Crippen LogP contribution >= 0.6 is 0 Å². The molecule has 1 aliphatic rings. The van der Waals surface area contributed by atoms with Crippen molar-refractivity contribution >= 4 is 5.91 Å². The van der Waals surface area contributed by atoms with Crippen molar-refractivity contribution in [3.05, 3.63) is 29.6 Å². The number of rotatable bonds is 5. The van der Waals surface area contributed by atoms with Crippen molar-refractivity contribution in [2.75, 3.05) is 20.1 Å². The first-order chi connectivity index (χ1) is 10.1. The molecule has 21 heavy (non-hydrogen) atoms. The van der Waals surface area contributed by atoms with Crippen molar-refractivity contribution in [2.24, 2.45) is 0 Å². The molecule has 1 aromatic rings. The summed E-state index contributed by atoms with van der Waals surface area (Å²) in [6.07, 6.45) is 2.74. The Morgan fingerprint density at radius 1 is 1.38 bits per heavy atom. The van der Waals surface area contributed by atoms with Gasteiger partial charge in [0.25, 0.3) is 5.91 Å². The second-order valence-electron chi connectivity index (χ2n) is 5.43. The van der Waals surface area contributed by atoms with Crippen molar-refractivity contribution in [1.82, 2.24) is 10.2 Å². The number of hydrogen-bond donors (Lipinski definition) is 1. The van der Waals surface area contributed by atoms with Gasteiger partial charge in [-0.2, -0.15) is 0 Å². The molecular weight excluding hydrogens is 271 g/mol. The highest BCUT2D eigenvalue weighted by Gasteiger charge is 2.24. The Labute approximate surface area is 125 Å². The van der Waals surface area contributed by atoms with Gasteiger partial charge in [0.15, 0.2) is 6.10 Å². The monoisotopic (exact) mass is 294 g/mol. The summed E-state index contributed by atoms with van der Waals surface area (Å²) in [5.41, 5.74) is 0.718. The Kier molecular flexibility index (Phi) is 5.56. The summed E-state index contributed by atoms with van der Waals surface area (Å²) in [6, 6.07) is 4.37.